The number of allylic oxidation sites excluding steroid dienone is 1. The van der Waals surface area contributed by atoms with Crippen LogP contribution in [0.25, 0.3) is 0 Å². The molecule has 0 saturated carbocycles. The van der Waals surface area contributed by atoms with Gasteiger partial charge in [0.15, 0.2) is 0 Å². The lowest BCUT2D eigenvalue weighted by Crippen LogP contribution is -2.11. The number of halogens is 1. The van der Waals surface area contributed by atoms with E-state index in [1.807, 2.05) is 0 Å². The Hall–Kier alpha value is -2.28. The molecule has 0 saturated heterocycles. The van der Waals surface area contributed by atoms with E-state index in [9.17, 15) is 14.9 Å². The Morgan fingerprint density at radius 3 is 2.39 bits per heavy atom. The van der Waals surface area contributed by atoms with Crippen molar-refractivity contribution in [3.8, 4) is 0 Å². The number of hydrogen-bond donors (Lipinski definition) is 1. The van der Waals surface area contributed by atoms with Crippen LogP contribution in [0.4, 0.5) is 11.4 Å². The Labute approximate surface area is 107 Å². The fraction of sp³-hybridized carbons (Fsp3) is 0.100. The van der Waals surface area contributed by atoms with Gasteiger partial charge in [-0.3, -0.25) is 14.9 Å². The number of nitrogens with zero attached hydrogens (tertiary/aromatic N) is 3. The summed E-state index contributed by atoms with van der Waals surface area (Å²) in [6.45, 7) is 1.47. The number of benzene rings is 1. The Kier molecular flexibility index (Phi) is 4.50. The molecular formula is C10H9ClN4O3. The fourth-order valence-corrected chi connectivity index (χ4v) is 1.03. The molecule has 0 atom stereocenters. The van der Waals surface area contributed by atoms with Crippen LogP contribution in [0, 0.1) is 10.1 Å². The highest BCUT2D eigenvalue weighted by molar-refractivity contribution is 6.42. The summed E-state index contributed by atoms with van der Waals surface area (Å²) in [5.41, 5.74) is 5.47. The number of nitrogens with two attached hydrogens (primary N) is 1. The topological polar surface area (TPSA) is 111 Å². The summed E-state index contributed by atoms with van der Waals surface area (Å²) in [6.07, 6.45) is 0. The molecule has 0 aliphatic rings. The largest absolute Gasteiger partial charge is 0.365 e. The van der Waals surface area contributed by atoms with Crippen LogP contribution < -0.4 is 5.73 Å². The summed E-state index contributed by atoms with van der Waals surface area (Å²) < 4.78 is 0. The number of rotatable bonds is 4. The van der Waals surface area contributed by atoms with Crippen molar-refractivity contribution in [2.45, 2.75) is 6.92 Å². The van der Waals surface area contributed by atoms with Gasteiger partial charge in [-0.15, -0.1) is 0 Å². The highest BCUT2D eigenvalue weighted by Gasteiger charge is 2.05. The van der Waals surface area contributed by atoms with Crippen LogP contribution in [0.5, 0.6) is 0 Å². The molecule has 0 radical (unpaired) electrons. The molecule has 1 aromatic rings. The van der Waals surface area contributed by atoms with Crippen molar-refractivity contribution in [1.82, 2.24) is 0 Å². The summed E-state index contributed by atoms with van der Waals surface area (Å²) in [7, 11) is 0. The number of azo groups is 1. The standard InChI is InChI=1S/C10H9ClN4O3/c1-6(9(11)10(12)16)13-14-7-2-4-8(5-3-7)15(17)18/h2-5H,1H3,(H2,12,16)/b9-6-,14-13?. The number of non-ortho nitro benzene ring substituents is 1. The average Bonchev–Trinajstić information content (AvgIpc) is 2.35. The van der Waals surface area contributed by atoms with Crippen LogP contribution in [-0.4, -0.2) is 10.8 Å². The molecule has 8 heteroatoms. The van der Waals surface area contributed by atoms with E-state index in [2.05, 4.69) is 10.2 Å². The van der Waals surface area contributed by atoms with Gasteiger partial charge in [0, 0.05) is 12.1 Å². The Bertz CT molecular complexity index is 537. The minimum atomic E-state index is -0.795. The molecule has 1 amide bonds. The maximum absolute atomic E-state index is 10.7. The Morgan fingerprint density at radius 1 is 1.39 bits per heavy atom. The molecule has 0 fully saturated rings. The lowest BCUT2D eigenvalue weighted by atomic mass is 10.3. The monoisotopic (exact) mass is 268 g/mol. The second-order valence-electron chi connectivity index (χ2n) is 3.24. The van der Waals surface area contributed by atoms with E-state index in [1.54, 1.807) is 0 Å². The first-order valence-electron chi connectivity index (χ1n) is 4.74. The molecule has 0 aromatic heterocycles. The van der Waals surface area contributed by atoms with Crippen molar-refractivity contribution >= 4 is 28.9 Å². The SMILES string of the molecule is C/C(N=Nc1ccc([N+](=O)[O-])cc1)=C(/Cl)C(N)=O. The first-order valence-corrected chi connectivity index (χ1v) is 5.12. The Morgan fingerprint density at radius 2 is 1.94 bits per heavy atom. The molecule has 0 aliphatic carbocycles. The second-order valence-corrected chi connectivity index (χ2v) is 3.62. The molecule has 1 rings (SSSR count). The van der Waals surface area contributed by atoms with Crippen molar-refractivity contribution in [3.05, 3.63) is 45.1 Å². The molecular weight excluding hydrogens is 260 g/mol. The number of nitro benzene ring substituents is 1. The van der Waals surface area contributed by atoms with Crippen molar-refractivity contribution < 1.29 is 9.72 Å². The summed E-state index contributed by atoms with van der Waals surface area (Å²) in [6, 6.07) is 5.44. The summed E-state index contributed by atoms with van der Waals surface area (Å²) >= 11 is 5.56. The normalized spacial score (nSPS) is 12.3. The Balaban J connectivity index is 2.89. The number of hydrogen-bond acceptors (Lipinski definition) is 5. The number of carbonyl (C=O) groups is 1. The van der Waals surface area contributed by atoms with Gasteiger partial charge in [0.25, 0.3) is 11.6 Å². The quantitative estimate of drug-likeness (QED) is 0.392. The van der Waals surface area contributed by atoms with Gasteiger partial charge >= 0.3 is 0 Å². The predicted molar refractivity (Wildman–Crippen MR) is 65.4 cm³/mol. The molecule has 0 spiro atoms. The zero-order valence-corrected chi connectivity index (χ0v) is 10.1. The average molecular weight is 269 g/mol. The van der Waals surface area contributed by atoms with E-state index < -0.39 is 10.8 Å². The molecule has 0 bridgehead atoms. The number of primary amides is 1. The summed E-state index contributed by atoms with van der Waals surface area (Å²) in [5, 5.41) is 17.7. The van der Waals surface area contributed by atoms with Gasteiger partial charge < -0.3 is 5.73 Å². The van der Waals surface area contributed by atoms with E-state index >= 15 is 0 Å². The van der Waals surface area contributed by atoms with Crippen LogP contribution in [0.1, 0.15) is 6.92 Å². The third-order valence-electron chi connectivity index (χ3n) is 1.91. The van der Waals surface area contributed by atoms with Gasteiger partial charge in [-0.1, -0.05) is 11.6 Å². The number of carbonyl (C=O) groups excluding carboxylic acids is 1. The molecule has 0 unspecified atom stereocenters. The van der Waals surface area contributed by atoms with Crippen LogP contribution >= 0.6 is 11.6 Å². The van der Waals surface area contributed by atoms with Crippen LogP contribution in [0.2, 0.25) is 0 Å². The summed E-state index contributed by atoms with van der Waals surface area (Å²) in [4.78, 5) is 20.6. The summed E-state index contributed by atoms with van der Waals surface area (Å²) in [5.74, 6) is -0.795. The molecule has 18 heavy (non-hydrogen) atoms. The van der Waals surface area contributed by atoms with Crippen LogP contribution in [0.3, 0.4) is 0 Å². The third-order valence-corrected chi connectivity index (χ3v) is 2.37. The molecule has 94 valence electrons. The zero-order chi connectivity index (χ0) is 13.7. The van der Waals surface area contributed by atoms with E-state index in [0.29, 0.717) is 5.69 Å². The lowest BCUT2D eigenvalue weighted by Gasteiger charge is -1.95. The smallest absolute Gasteiger partial charge is 0.269 e. The van der Waals surface area contributed by atoms with Crippen LogP contribution in [0.15, 0.2) is 45.2 Å². The van der Waals surface area contributed by atoms with Gasteiger partial charge in [-0.05, 0) is 19.1 Å². The lowest BCUT2D eigenvalue weighted by molar-refractivity contribution is -0.384. The third kappa shape index (κ3) is 3.63. The van der Waals surface area contributed by atoms with Gasteiger partial charge in [0.1, 0.15) is 5.03 Å². The van der Waals surface area contributed by atoms with Gasteiger partial charge in [0.2, 0.25) is 0 Å². The van der Waals surface area contributed by atoms with Crippen molar-refractivity contribution in [3.63, 3.8) is 0 Å². The van der Waals surface area contributed by atoms with E-state index in [-0.39, 0.29) is 16.4 Å². The molecule has 1 aromatic carbocycles. The van der Waals surface area contributed by atoms with Crippen molar-refractivity contribution in [1.29, 1.82) is 0 Å². The molecule has 0 aliphatic heterocycles. The van der Waals surface area contributed by atoms with Crippen LogP contribution in [-0.2, 0) is 4.79 Å². The minimum Gasteiger partial charge on any atom is -0.365 e. The molecule has 0 heterocycles. The first kappa shape index (κ1) is 13.8. The number of nitro groups is 1. The minimum absolute atomic E-state index is 0.0450. The highest BCUT2D eigenvalue weighted by atomic mass is 35.5. The molecule has 2 N–H and O–H groups in total. The maximum Gasteiger partial charge on any atom is 0.269 e. The zero-order valence-electron chi connectivity index (χ0n) is 9.33. The highest BCUT2D eigenvalue weighted by Crippen LogP contribution is 2.20. The molecule has 7 nitrogen and oxygen atoms in total. The van der Waals surface area contributed by atoms with Crippen molar-refractivity contribution in [2.75, 3.05) is 0 Å². The van der Waals surface area contributed by atoms with Gasteiger partial charge in [-0.2, -0.15) is 10.2 Å². The van der Waals surface area contributed by atoms with Gasteiger partial charge in [0.05, 0.1) is 16.3 Å². The van der Waals surface area contributed by atoms with Crippen molar-refractivity contribution in [2.24, 2.45) is 16.0 Å². The fourth-order valence-electron chi connectivity index (χ4n) is 0.996. The first-order chi connectivity index (χ1) is 8.41. The van der Waals surface area contributed by atoms with E-state index in [1.165, 1.54) is 31.2 Å². The predicted octanol–water partition coefficient (Wildman–Crippen LogP) is 2.63. The maximum atomic E-state index is 10.7. The van der Waals surface area contributed by atoms with E-state index in [4.69, 9.17) is 17.3 Å². The van der Waals surface area contributed by atoms with E-state index in [0.717, 1.165) is 0 Å². The van der Waals surface area contributed by atoms with Gasteiger partial charge in [-0.25, -0.2) is 0 Å². The second kappa shape index (κ2) is 5.87. The number of amides is 1.